The maximum atomic E-state index is 6.16. The van der Waals surface area contributed by atoms with Crippen LogP contribution in [0.15, 0.2) is 12.4 Å². The Morgan fingerprint density at radius 1 is 1.44 bits per heavy atom. The first-order valence-corrected chi connectivity index (χ1v) is 6.29. The molecule has 2 aliphatic rings. The molecule has 0 radical (unpaired) electrons. The lowest BCUT2D eigenvalue weighted by Crippen LogP contribution is -2.69. The summed E-state index contributed by atoms with van der Waals surface area (Å²) in [6.07, 6.45) is 5.76. The number of methoxy groups -OCH3 is 1. The second kappa shape index (κ2) is 4.70. The van der Waals surface area contributed by atoms with Gasteiger partial charge in [0.1, 0.15) is 0 Å². The Balaban J connectivity index is 1.65. The van der Waals surface area contributed by atoms with E-state index >= 15 is 0 Å². The Hall–Kier alpha value is -1.40. The third kappa shape index (κ3) is 1.91. The average Bonchev–Trinajstić information content (AvgIpc) is 2.45. The van der Waals surface area contributed by atoms with Gasteiger partial charge in [-0.2, -0.15) is 0 Å². The first-order valence-electron chi connectivity index (χ1n) is 6.29. The molecule has 1 aliphatic heterocycles. The van der Waals surface area contributed by atoms with Crippen molar-refractivity contribution in [1.29, 1.82) is 0 Å². The normalized spacial score (nSPS) is 34.3. The van der Waals surface area contributed by atoms with Gasteiger partial charge in [-0.1, -0.05) is 0 Å². The van der Waals surface area contributed by atoms with Gasteiger partial charge in [0, 0.05) is 18.6 Å². The smallest absolute Gasteiger partial charge is 0.223 e. The quantitative estimate of drug-likeness (QED) is 0.808. The molecule has 0 amide bonds. The van der Waals surface area contributed by atoms with Crippen molar-refractivity contribution in [2.75, 3.05) is 19.0 Å². The summed E-state index contributed by atoms with van der Waals surface area (Å²) in [6, 6.07) is 0.240. The van der Waals surface area contributed by atoms with E-state index in [0.29, 0.717) is 17.6 Å². The van der Waals surface area contributed by atoms with Crippen molar-refractivity contribution in [3.05, 3.63) is 12.4 Å². The maximum Gasteiger partial charge on any atom is 0.223 e. The van der Waals surface area contributed by atoms with Gasteiger partial charge in [-0.3, -0.25) is 0 Å². The summed E-state index contributed by atoms with van der Waals surface area (Å²) in [5, 5.41) is 3.25. The van der Waals surface area contributed by atoms with Gasteiger partial charge in [0.05, 0.1) is 31.6 Å². The molecule has 2 fully saturated rings. The van der Waals surface area contributed by atoms with Crippen molar-refractivity contribution < 1.29 is 9.47 Å². The van der Waals surface area contributed by atoms with Crippen molar-refractivity contribution in [2.24, 2.45) is 11.7 Å². The van der Waals surface area contributed by atoms with Crippen molar-refractivity contribution in [1.82, 2.24) is 9.97 Å². The number of rotatable bonds is 3. The maximum absolute atomic E-state index is 6.16. The summed E-state index contributed by atoms with van der Waals surface area (Å²) in [5.74, 6) is 1.70. The van der Waals surface area contributed by atoms with Crippen LogP contribution >= 0.6 is 0 Å². The molecule has 3 rings (SSSR count). The second-order valence-electron chi connectivity index (χ2n) is 4.84. The molecule has 1 aliphatic carbocycles. The number of hydrogen-bond donors (Lipinski definition) is 2. The van der Waals surface area contributed by atoms with E-state index in [1.165, 1.54) is 0 Å². The SMILES string of the molecule is COc1cnc(NC2C(N)C3CCCOC32)nc1. The number of fused-ring (bicyclic) bond motifs is 1. The van der Waals surface area contributed by atoms with Crippen LogP contribution in [0.2, 0.25) is 0 Å². The lowest BCUT2D eigenvalue weighted by atomic mass is 9.69. The molecular formula is C12H18N4O2. The zero-order valence-electron chi connectivity index (χ0n) is 10.4. The van der Waals surface area contributed by atoms with Crippen LogP contribution < -0.4 is 15.8 Å². The van der Waals surface area contributed by atoms with Crippen LogP contribution in [0.3, 0.4) is 0 Å². The van der Waals surface area contributed by atoms with Crippen molar-refractivity contribution >= 4 is 5.95 Å². The van der Waals surface area contributed by atoms with E-state index in [-0.39, 0.29) is 18.2 Å². The molecule has 1 saturated carbocycles. The Labute approximate surface area is 106 Å². The predicted octanol–water partition coefficient (Wildman–Crippen LogP) is 0.402. The Morgan fingerprint density at radius 2 is 2.22 bits per heavy atom. The molecule has 0 spiro atoms. The molecule has 0 aromatic carbocycles. The highest BCUT2D eigenvalue weighted by Gasteiger charge is 2.50. The van der Waals surface area contributed by atoms with Crippen LogP contribution in [0.5, 0.6) is 5.75 Å². The Morgan fingerprint density at radius 3 is 2.94 bits per heavy atom. The summed E-state index contributed by atoms with van der Waals surface area (Å²) >= 11 is 0. The van der Waals surface area contributed by atoms with Gasteiger partial charge in [0.15, 0.2) is 5.75 Å². The first kappa shape index (κ1) is 11.7. The van der Waals surface area contributed by atoms with Gasteiger partial charge in [0.2, 0.25) is 5.95 Å². The highest BCUT2D eigenvalue weighted by atomic mass is 16.5. The van der Waals surface area contributed by atoms with E-state index in [1.807, 2.05) is 0 Å². The lowest BCUT2D eigenvalue weighted by Gasteiger charge is -2.52. The Bertz CT molecular complexity index is 411. The van der Waals surface area contributed by atoms with Crippen LogP contribution in [0.25, 0.3) is 0 Å². The molecule has 4 atom stereocenters. The molecule has 3 N–H and O–H groups in total. The summed E-state index contributed by atoms with van der Waals surface area (Å²) in [7, 11) is 1.59. The third-order valence-electron chi connectivity index (χ3n) is 3.84. The van der Waals surface area contributed by atoms with Gasteiger partial charge in [-0.15, -0.1) is 0 Å². The van der Waals surface area contributed by atoms with Gasteiger partial charge in [-0.25, -0.2) is 9.97 Å². The number of nitrogens with one attached hydrogen (secondary N) is 1. The number of anilines is 1. The fourth-order valence-electron chi connectivity index (χ4n) is 2.77. The van der Waals surface area contributed by atoms with E-state index in [0.717, 1.165) is 19.4 Å². The minimum Gasteiger partial charge on any atom is -0.494 e. The molecular weight excluding hydrogens is 232 g/mol. The summed E-state index contributed by atoms with van der Waals surface area (Å²) in [4.78, 5) is 8.37. The minimum absolute atomic E-state index is 0.115. The number of aromatic nitrogens is 2. The molecule has 98 valence electrons. The summed E-state index contributed by atoms with van der Waals surface area (Å²) < 4.78 is 10.8. The minimum atomic E-state index is 0.115. The third-order valence-corrected chi connectivity index (χ3v) is 3.84. The van der Waals surface area contributed by atoms with Crippen LogP contribution in [-0.4, -0.2) is 41.9 Å². The number of hydrogen-bond acceptors (Lipinski definition) is 6. The van der Waals surface area contributed by atoms with Crippen LogP contribution in [0, 0.1) is 5.92 Å². The fourth-order valence-corrected chi connectivity index (χ4v) is 2.77. The molecule has 0 bridgehead atoms. The van der Waals surface area contributed by atoms with E-state index in [9.17, 15) is 0 Å². The summed E-state index contributed by atoms with van der Waals surface area (Å²) in [5.41, 5.74) is 6.16. The topological polar surface area (TPSA) is 82.3 Å². The highest BCUT2D eigenvalue weighted by molar-refractivity contribution is 5.32. The zero-order chi connectivity index (χ0) is 12.5. The fraction of sp³-hybridized carbons (Fsp3) is 0.667. The first-order chi connectivity index (χ1) is 8.79. The highest BCUT2D eigenvalue weighted by Crippen LogP contribution is 2.38. The largest absolute Gasteiger partial charge is 0.494 e. The monoisotopic (exact) mass is 250 g/mol. The molecule has 2 heterocycles. The van der Waals surface area contributed by atoms with E-state index in [1.54, 1.807) is 19.5 Å². The van der Waals surface area contributed by atoms with Crippen LogP contribution in [0.4, 0.5) is 5.95 Å². The average molecular weight is 250 g/mol. The summed E-state index contributed by atoms with van der Waals surface area (Å²) in [6.45, 7) is 0.829. The molecule has 6 heteroatoms. The molecule has 18 heavy (non-hydrogen) atoms. The lowest BCUT2D eigenvalue weighted by molar-refractivity contribution is -0.104. The Kier molecular flexibility index (Phi) is 3.05. The second-order valence-corrected chi connectivity index (χ2v) is 4.84. The number of ether oxygens (including phenoxy) is 2. The van der Waals surface area contributed by atoms with Crippen molar-refractivity contribution in [3.8, 4) is 5.75 Å². The molecule has 1 aromatic rings. The van der Waals surface area contributed by atoms with Crippen molar-refractivity contribution in [3.63, 3.8) is 0 Å². The van der Waals surface area contributed by atoms with Crippen LogP contribution in [0.1, 0.15) is 12.8 Å². The molecule has 1 saturated heterocycles. The van der Waals surface area contributed by atoms with Gasteiger partial charge in [-0.05, 0) is 12.8 Å². The zero-order valence-corrected chi connectivity index (χ0v) is 10.4. The van der Waals surface area contributed by atoms with E-state index in [4.69, 9.17) is 15.2 Å². The molecule has 4 unspecified atom stereocenters. The van der Waals surface area contributed by atoms with Gasteiger partial charge >= 0.3 is 0 Å². The standard InChI is InChI=1S/C12H18N4O2/c1-17-7-5-14-12(15-6-7)16-10-9(13)8-3-2-4-18-11(8)10/h5-6,8-11H,2-4,13H2,1H3,(H,14,15,16). The number of nitrogens with two attached hydrogens (primary N) is 1. The van der Waals surface area contributed by atoms with Crippen molar-refractivity contribution in [2.45, 2.75) is 31.0 Å². The van der Waals surface area contributed by atoms with E-state index < -0.39 is 0 Å². The van der Waals surface area contributed by atoms with Gasteiger partial charge < -0.3 is 20.5 Å². The molecule has 1 aromatic heterocycles. The number of nitrogens with zero attached hydrogens (tertiary/aromatic N) is 2. The predicted molar refractivity (Wildman–Crippen MR) is 66.4 cm³/mol. The van der Waals surface area contributed by atoms with Crippen LogP contribution in [-0.2, 0) is 4.74 Å². The van der Waals surface area contributed by atoms with E-state index in [2.05, 4.69) is 15.3 Å². The molecule has 6 nitrogen and oxygen atoms in total. The van der Waals surface area contributed by atoms with Gasteiger partial charge in [0.25, 0.3) is 0 Å².